The second kappa shape index (κ2) is 6.90. The molecule has 0 radical (unpaired) electrons. The molecule has 0 N–H and O–H groups in total. The summed E-state index contributed by atoms with van der Waals surface area (Å²) in [6, 6.07) is 1.01. The Bertz CT molecular complexity index is 549. The number of amides is 1. The predicted octanol–water partition coefficient (Wildman–Crippen LogP) is 2.73. The zero-order valence-corrected chi connectivity index (χ0v) is 13.6. The second-order valence-electron chi connectivity index (χ2n) is 6.15. The van der Waals surface area contributed by atoms with Crippen molar-refractivity contribution in [1.82, 2.24) is 14.7 Å². The Morgan fingerprint density at radius 2 is 2.22 bits per heavy atom. The monoisotopic (exact) mass is 333 g/mol. The van der Waals surface area contributed by atoms with Crippen LogP contribution in [0.3, 0.4) is 0 Å². The lowest BCUT2D eigenvalue weighted by Gasteiger charge is -2.34. The minimum absolute atomic E-state index is 0.0943. The molecule has 0 aromatic carbocycles. The van der Waals surface area contributed by atoms with Crippen molar-refractivity contribution in [3.63, 3.8) is 0 Å². The molecule has 0 spiro atoms. The minimum atomic E-state index is -4.45. The summed E-state index contributed by atoms with van der Waals surface area (Å²) in [5.41, 5.74) is 0.853. The summed E-state index contributed by atoms with van der Waals surface area (Å²) in [5.74, 6) is -0.559. The van der Waals surface area contributed by atoms with Crippen LogP contribution in [0.5, 0.6) is 0 Å². The van der Waals surface area contributed by atoms with E-state index in [4.69, 9.17) is 4.74 Å². The number of aromatic nitrogens is 2. The van der Waals surface area contributed by atoms with E-state index in [0.717, 1.165) is 4.90 Å². The van der Waals surface area contributed by atoms with E-state index >= 15 is 0 Å². The highest BCUT2D eigenvalue weighted by Gasteiger charge is 2.38. The maximum Gasteiger partial charge on any atom is 0.406 e. The van der Waals surface area contributed by atoms with Crippen LogP contribution < -0.4 is 0 Å². The van der Waals surface area contributed by atoms with Gasteiger partial charge in [0.05, 0.1) is 18.3 Å². The molecule has 1 amide bonds. The fourth-order valence-electron chi connectivity index (χ4n) is 2.65. The summed E-state index contributed by atoms with van der Waals surface area (Å²) in [6.45, 7) is 3.21. The average molecular weight is 333 g/mol. The Labute approximate surface area is 133 Å². The Morgan fingerprint density at radius 3 is 2.70 bits per heavy atom. The minimum Gasteiger partial charge on any atom is -0.379 e. The van der Waals surface area contributed by atoms with Gasteiger partial charge in [-0.05, 0) is 24.8 Å². The van der Waals surface area contributed by atoms with E-state index in [-0.39, 0.29) is 18.2 Å². The molecular formula is C15H22F3N3O2. The third kappa shape index (κ3) is 4.46. The van der Waals surface area contributed by atoms with Crippen molar-refractivity contribution in [1.29, 1.82) is 0 Å². The molecule has 1 saturated heterocycles. The number of hydrogen-bond acceptors (Lipinski definition) is 3. The van der Waals surface area contributed by atoms with Crippen LogP contribution in [-0.2, 0) is 11.8 Å². The Balaban J connectivity index is 2.28. The molecule has 1 fully saturated rings. The number of ether oxygens (including phenoxy) is 1. The first-order valence-electron chi connectivity index (χ1n) is 7.68. The molecule has 130 valence electrons. The molecule has 23 heavy (non-hydrogen) atoms. The number of carbonyl (C=O) groups is 1. The van der Waals surface area contributed by atoms with Crippen LogP contribution in [0.4, 0.5) is 13.2 Å². The maximum atomic E-state index is 12.9. The number of halogens is 3. The zero-order chi connectivity index (χ0) is 17.2. The van der Waals surface area contributed by atoms with Crippen molar-refractivity contribution < 1.29 is 22.7 Å². The van der Waals surface area contributed by atoms with Crippen LogP contribution in [0, 0.1) is 0 Å². The van der Waals surface area contributed by atoms with Gasteiger partial charge >= 0.3 is 6.18 Å². The molecule has 0 unspecified atom stereocenters. The van der Waals surface area contributed by atoms with Crippen LogP contribution >= 0.6 is 0 Å². The third-order valence-corrected chi connectivity index (χ3v) is 3.90. The van der Waals surface area contributed by atoms with Gasteiger partial charge in [-0.25, -0.2) is 0 Å². The SMILES string of the molecule is CC(C)c1cc(C(=O)N(CC(F)(F)F)[C@@H]2CCCOC2)n(C)n1. The fraction of sp³-hybridized carbons (Fsp3) is 0.733. The van der Waals surface area contributed by atoms with Crippen LogP contribution in [0.2, 0.25) is 0 Å². The summed E-state index contributed by atoms with van der Waals surface area (Å²) >= 11 is 0. The highest BCUT2D eigenvalue weighted by Crippen LogP contribution is 2.24. The highest BCUT2D eigenvalue weighted by atomic mass is 19.4. The van der Waals surface area contributed by atoms with Gasteiger partial charge in [-0.2, -0.15) is 18.3 Å². The molecule has 0 aliphatic carbocycles. The van der Waals surface area contributed by atoms with Gasteiger partial charge in [-0.15, -0.1) is 0 Å². The van der Waals surface area contributed by atoms with Crippen molar-refractivity contribution in [2.24, 2.45) is 7.05 Å². The quantitative estimate of drug-likeness (QED) is 0.851. The van der Waals surface area contributed by atoms with Crippen LogP contribution in [0.1, 0.15) is 48.8 Å². The number of alkyl halides is 3. The standard InChI is InChI=1S/C15H22F3N3O2/c1-10(2)12-7-13(20(3)19-12)14(22)21(9-15(16,17)18)11-5-4-6-23-8-11/h7,10-11H,4-6,8-9H2,1-3H3/t11-/m1/s1. The van der Waals surface area contributed by atoms with Crippen molar-refractivity contribution in [2.45, 2.75) is 44.8 Å². The number of carbonyl (C=O) groups excluding carboxylic acids is 1. The largest absolute Gasteiger partial charge is 0.406 e. The molecule has 1 aromatic rings. The Morgan fingerprint density at radius 1 is 1.52 bits per heavy atom. The van der Waals surface area contributed by atoms with E-state index in [2.05, 4.69) is 5.10 Å². The summed E-state index contributed by atoms with van der Waals surface area (Å²) in [5, 5.41) is 4.21. The summed E-state index contributed by atoms with van der Waals surface area (Å²) in [4.78, 5) is 13.6. The van der Waals surface area contributed by atoms with Gasteiger partial charge in [-0.1, -0.05) is 13.8 Å². The summed E-state index contributed by atoms with van der Waals surface area (Å²) < 4.78 is 45.3. The van der Waals surface area contributed by atoms with Gasteiger partial charge in [-0.3, -0.25) is 9.48 Å². The van der Waals surface area contributed by atoms with Crippen molar-refractivity contribution in [3.8, 4) is 0 Å². The van der Waals surface area contributed by atoms with E-state index in [9.17, 15) is 18.0 Å². The molecule has 2 rings (SSSR count). The topological polar surface area (TPSA) is 47.4 Å². The number of rotatable bonds is 4. The number of aryl methyl sites for hydroxylation is 1. The first-order chi connectivity index (χ1) is 10.7. The van der Waals surface area contributed by atoms with Crippen molar-refractivity contribution in [3.05, 3.63) is 17.5 Å². The molecule has 1 aliphatic heterocycles. The lowest BCUT2D eigenvalue weighted by Crippen LogP contribution is -2.49. The van der Waals surface area contributed by atoms with Gasteiger partial charge in [0, 0.05) is 13.7 Å². The van der Waals surface area contributed by atoms with E-state index in [1.165, 1.54) is 4.68 Å². The Kier molecular flexibility index (Phi) is 5.33. The van der Waals surface area contributed by atoms with E-state index in [0.29, 0.717) is 25.1 Å². The summed E-state index contributed by atoms with van der Waals surface area (Å²) in [6.07, 6.45) is -3.29. The van der Waals surface area contributed by atoms with E-state index in [1.807, 2.05) is 13.8 Å². The normalized spacial score (nSPS) is 19.2. The second-order valence-corrected chi connectivity index (χ2v) is 6.15. The molecular weight excluding hydrogens is 311 g/mol. The fourth-order valence-corrected chi connectivity index (χ4v) is 2.65. The third-order valence-electron chi connectivity index (χ3n) is 3.90. The highest BCUT2D eigenvalue weighted by molar-refractivity contribution is 5.93. The number of hydrogen-bond donors (Lipinski definition) is 0. The van der Waals surface area contributed by atoms with Gasteiger partial charge in [0.2, 0.25) is 0 Å². The van der Waals surface area contributed by atoms with Crippen LogP contribution in [0.15, 0.2) is 6.07 Å². The molecule has 1 atom stereocenters. The first kappa shape index (κ1) is 17.8. The molecule has 1 aliphatic rings. The predicted molar refractivity (Wildman–Crippen MR) is 78.2 cm³/mol. The molecule has 2 heterocycles. The lowest BCUT2D eigenvalue weighted by molar-refractivity contribution is -0.148. The van der Waals surface area contributed by atoms with Crippen molar-refractivity contribution >= 4 is 5.91 Å². The van der Waals surface area contributed by atoms with E-state index < -0.39 is 24.7 Å². The van der Waals surface area contributed by atoms with Gasteiger partial charge in [0.25, 0.3) is 5.91 Å². The maximum absolute atomic E-state index is 12.9. The van der Waals surface area contributed by atoms with Crippen molar-refractivity contribution in [2.75, 3.05) is 19.8 Å². The van der Waals surface area contributed by atoms with Gasteiger partial charge < -0.3 is 9.64 Å². The molecule has 0 saturated carbocycles. The van der Waals surface area contributed by atoms with Gasteiger partial charge in [0.1, 0.15) is 12.2 Å². The summed E-state index contributed by atoms with van der Waals surface area (Å²) in [7, 11) is 1.57. The smallest absolute Gasteiger partial charge is 0.379 e. The molecule has 8 heteroatoms. The average Bonchev–Trinajstić information content (AvgIpc) is 2.86. The zero-order valence-electron chi connectivity index (χ0n) is 13.6. The molecule has 1 aromatic heterocycles. The lowest BCUT2D eigenvalue weighted by atomic mass is 10.1. The molecule has 0 bridgehead atoms. The van der Waals surface area contributed by atoms with E-state index in [1.54, 1.807) is 13.1 Å². The van der Waals surface area contributed by atoms with Crippen LogP contribution in [0.25, 0.3) is 0 Å². The van der Waals surface area contributed by atoms with Gasteiger partial charge in [0.15, 0.2) is 0 Å². The first-order valence-corrected chi connectivity index (χ1v) is 7.68. The van der Waals surface area contributed by atoms with Crippen LogP contribution in [-0.4, -0.2) is 52.6 Å². The number of nitrogens with zero attached hydrogens (tertiary/aromatic N) is 3. The Hall–Kier alpha value is -1.57. The molecule has 5 nitrogen and oxygen atoms in total.